The molecule has 2 atom stereocenters. The van der Waals surface area contributed by atoms with E-state index in [1.54, 1.807) is 20.3 Å². The van der Waals surface area contributed by atoms with Crippen molar-refractivity contribution in [1.82, 2.24) is 4.67 Å². The van der Waals surface area contributed by atoms with Crippen molar-refractivity contribution in [3.63, 3.8) is 0 Å². The standard InChI is InChI=1S/C37H51N2O6P/c1-9-25-42-36(28-45-46(44-26-13-24-38-6)39(29(2)3)30(4)5)27-43-37(31-14-11-10-12-15-31,32-16-20-34(40-7)21-17-32)33-18-22-35(41-8)23-19-33/h9-12,14-23,29-30,36H,1,6,13,24-28H2,2-5,7-8H3. The molecule has 0 aliphatic carbocycles. The summed E-state index contributed by atoms with van der Waals surface area (Å²) in [6, 6.07) is 26.6. The maximum Gasteiger partial charge on any atom is 0.259 e. The summed E-state index contributed by atoms with van der Waals surface area (Å²) in [4.78, 5) is 3.96. The Morgan fingerprint density at radius 3 is 1.80 bits per heavy atom. The fourth-order valence-electron chi connectivity index (χ4n) is 5.25. The van der Waals surface area contributed by atoms with Crippen LogP contribution in [0.15, 0.2) is 96.5 Å². The van der Waals surface area contributed by atoms with Gasteiger partial charge in [0.2, 0.25) is 0 Å². The van der Waals surface area contributed by atoms with Crippen LogP contribution in [0.25, 0.3) is 0 Å². The highest BCUT2D eigenvalue weighted by Crippen LogP contribution is 2.46. The molecular formula is C37H51N2O6P. The molecule has 2 unspecified atom stereocenters. The Morgan fingerprint density at radius 1 is 0.783 bits per heavy atom. The summed E-state index contributed by atoms with van der Waals surface area (Å²) in [5.41, 5.74) is 1.89. The Kier molecular flexibility index (Phi) is 15.9. The second kappa shape index (κ2) is 19.5. The fraction of sp³-hybridized carbons (Fsp3) is 0.432. The van der Waals surface area contributed by atoms with Gasteiger partial charge in [-0.1, -0.05) is 60.7 Å². The average Bonchev–Trinajstić information content (AvgIpc) is 3.08. The van der Waals surface area contributed by atoms with Gasteiger partial charge in [0.25, 0.3) is 8.53 Å². The van der Waals surface area contributed by atoms with Crippen molar-refractivity contribution in [2.24, 2.45) is 4.99 Å². The van der Waals surface area contributed by atoms with E-state index in [4.69, 9.17) is 28.0 Å². The van der Waals surface area contributed by atoms with Crippen molar-refractivity contribution in [2.45, 2.75) is 57.9 Å². The molecule has 3 aromatic rings. The first-order valence-electron chi connectivity index (χ1n) is 15.8. The number of hydrogen-bond acceptors (Lipinski definition) is 8. The Bertz CT molecular complexity index is 1230. The summed E-state index contributed by atoms with van der Waals surface area (Å²) >= 11 is 0. The minimum Gasteiger partial charge on any atom is -0.497 e. The molecule has 3 aromatic carbocycles. The molecule has 46 heavy (non-hydrogen) atoms. The fourth-order valence-corrected chi connectivity index (χ4v) is 6.93. The van der Waals surface area contributed by atoms with Crippen LogP contribution >= 0.6 is 8.53 Å². The first kappa shape index (κ1) is 37.4. The van der Waals surface area contributed by atoms with Crippen LogP contribution in [0.2, 0.25) is 0 Å². The molecule has 250 valence electrons. The zero-order valence-electron chi connectivity index (χ0n) is 28.3. The van der Waals surface area contributed by atoms with Gasteiger partial charge >= 0.3 is 0 Å². The predicted molar refractivity (Wildman–Crippen MR) is 188 cm³/mol. The van der Waals surface area contributed by atoms with Crippen molar-refractivity contribution in [2.75, 3.05) is 47.2 Å². The third kappa shape index (κ3) is 10.2. The lowest BCUT2D eigenvalue weighted by Crippen LogP contribution is -2.38. The van der Waals surface area contributed by atoms with Crippen LogP contribution in [-0.2, 0) is 24.1 Å². The number of benzene rings is 3. The van der Waals surface area contributed by atoms with Gasteiger partial charge < -0.3 is 33.0 Å². The van der Waals surface area contributed by atoms with Gasteiger partial charge in [0.05, 0.1) is 40.6 Å². The normalized spacial score (nSPS) is 13.2. The zero-order valence-corrected chi connectivity index (χ0v) is 29.2. The van der Waals surface area contributed by atoms with Gasteiger partial charge in [-0.3, -0.25) is 0 Å². The van der Waals surface area contributed by atoms with Crippen molar-refractivity contribution in [3.8, 4) is 11.5 Å². The summed E-state index contributed by atoms with van der Waals surface area (Å²) in [5, 5.41) is 0. The third-order valence-corrected chi connectivity index (χ3v) is 9.46. The summed E-state index contributed by atoms with van der Waals surface area (Å²) in [6.07, 6.45) is 2.10. The van der Waals surface area contributed by atoms with E-state index in [-0.39, 0.29) is 25.3 Å². The van der Waals surface area contributed by atoms with Crippen molar-refractivity contribution in [3.05, 3.63) is 108 Å². The number of nitrogens with zero attached hydrogens (tertiary/aromatic N) is 2. The molecule has 0 fully saturated rings. The number of aliphatic imine (C=N–C) groups is 1. The molecule has 8 nitrogen and oxygen atoms in total. The average molecular weight is 651 g/mol. The third-order valence-electron chi connectivity index (χ3n) is 7.39. The van der Waals surface area contributed by atoms with Crippen molar-refractivity contribution >= 4 is 15.2 Å². The van der Waals surface area contributed by atoms with Crippen LogP contribution in [0.3, 0.4) is 0 Å². The molecule has 0 bridgehead atoms. The lowest BCUT2D eigenvalue weighted by atomic mass is 9.80. The molecule has 0 amide bonds. The van der Waals surface area contributed by atoms with E-state index in [1.807, 2.05) is 66.7 Å². The first-order valence-corrected chi connectivity index (χ1v) is 16.9. The highest BCUT2D eigenvalue weighted by molar-refractivity contribution is 7.44. The Labute approximate surface area is 277 Å². The molecule has 0 aromatic heterocycles. The number of rotatable bonds is 22. The molecule has 0 saturated carbocycles. The number of ether oxygens (including phenoxy) is 4. The maximum absolute atomic E-state index is 7.11. The topological polar surface area (TPSA) is 71.0 Å². The predicted octanol–water partition coefficient (Wildman–Crippen LogP) is 8.05. The SMILES string of the molecule is C=CCOC(COP(OCCCN=C)N(C(C)C)C(C)C)COC(c1ccccc1)(c1ccc(OC)cc1)c1ccc(OC)cc1. The summed E-state index contributed by atoms with van der Waals surface area (Å²) in [7, 11) is 1.96. The molecule has 0 aliphatic heterocycles. The molecule has 0 radical (unpaired) electrons. The number of methoxy groups -OCH3 is 2. The van der Waals surface area contributed by atoms with Gasteiger partial charge in [-0.15, -0.1) is 6.58 Å². The van der Waals surface area contributed by atoms with Gasteiger partial charge in [0.15, 0.2) is 0 Å². The van der Waals surface area contributed by atoms with E-state index in [1.165, 1.54) is 0 Å². The van der Waals surface area contributed by atoms with Gasteiger partial charge in [-0.2, -0.15) is 0 Å². The molecule has 9 heteroatoms. The minimum absolute atomic E-state index is 0.225. The lowest BCUT2D eigenvalue weighted by Gasteiger charge is -2.38. The largest absolute Gasteiger partial charge is 0.497 e. The van der Waals surface area contributed by atoms with Gasteiger partial charge in [-0.25, -0.2) is 4.67 Å². The highest BCUT2D eigenvalue weighted by Gasteiger charge is 2.39. The van der Waals surface area contributed by atoms with Gasteiger partial charge in [0, 0.05) is 18.6 Å². The van der Waals surface area contributed by atoms with E-state index >= 15 is 0 Å². The lowest BCUT2D eigenvalue weighted by molar-refractivity contribution is -0.0728. The Hall–Kier alpha value is -3.10. The monoisotopic (exact) mass is 650 g/mol. The first-order chi connectivity index (χ1) is 22.3. The summed E-state index contributed by atoms with van der Waals surface area (Å²) < 4.78 is 39.5. The molecule has 0 spiro atoms. The van der Waals surface area contributed by atoms with E-state index in [0.717, 1.165) is 34.6 Å². The smallest absolute Gasteiger partial charge is 0.259 e. The second-order valence-electron chi connectivity index (χ2n) is 11.3. The molecule has 0 aliphatic rings. The van der Waals surface area contributed by atoms with E-state index in [9.17, 15) is 0 Å². The highest BCUT2D eigenvalue weighted by atomic mass is 31.2. The van der Waals surface area contributed by atoms with Gasteiger partial charge in [-0.05, 0) is 81.8 Å². The molecule has 0 heterocycles. The van der Waals surface area contributed by atoms with Crippen molar-refractivity contribution in [1.29, 1.82) is 0 Å². The van der Waals surface area contributed by atoms with Crippen LogP contribution < -0.4 is 9.47 Å². The van der Waals surface area contributed by atoms with E-state index in [2.05, 4.69) is 62.8 Å². The quantitative estimate of drug-likeness (QED) is 0.0358. The maximum atomic E-state index is 7.11. The van der Waals surface area contributed by atoms with E-state index in [0.29, 0.717) is 19.8 Å². The summed E-state index contributed by atoms with van der Waals surface area (Å²) in [5.74, 6) is 1.52. The molecule has 0 N–H and O–H groups in total. The van der Waals surface area contributed by atoms with Crippen LogP contribution in [0.5, 0.6) is 11.5 Å². The second-order valence-corrected chi connectivity index (χ2v) is 12.7. The minimum atomic E-state index is -1.37. The van der Waals surface area contributed by atoms with Crippen LogP contribution in [0, 0.1) is 0 Å². The van der Waals surface area contributed by atoms with Crippen LogP contribution in [0.1, 0.15) is 50.8 Å². The molecular weight excluding hydrogens is 599 g/mol. The zero-order chi connectivity index (χ0) is 33.4. The number of hydrogen-bond donors (Lipinski definition) is 0. The summed E-state index contributed by atoms with van der Waals surface area (Å²) in [6.45, 7) is 18.1. The van der Waals surface area contributed by atoms with Crippen LogP contribution in [0.4, 0.5) is 0 Å². The Balaban J connectivity index is 2.00. The molecule has 0 saturated heterocycles. The van der Waals surface area contributed by atoms with E-state index < -0.39 is 20.2 Å². The molecule has 3 rings (SSSR count). The van der Waals surface area contributed by atoms with Crippen molar-refractivity contribution < 1.29 is 28.0 Å². The Morgan fingerprint density at radius 2 is 1.33 bits per heavy atom. The van der Waals surface area contributed by atoms with Crippen LogP contribution in [-0.4, -0.2) is 76.8 Å². The van der Waals surface area contributed by atoms with Gasteiger partial charge in [0.1, 0.15) is 23.2 Å².